The summed E-state index contributed by atoms with van der Waals surface area (Å²) in [5.74, 6) is -1.69. The summed E-state index contributed by atoms with van der Waals surface area (Å²) in [5.41, 5.74) is 0.828. The number of nitrogens with one attached hydrogen (secondary N) is 2. The molecule has 0 bridgehead atoms. The average molecular weight is 589 g/mol. The maximum atomic E-state index is 13.6. The van der Waals surface area contributed by atoms with E-state index in [0.717, 1.165) is 18.9 Å². The fourth-order valence-corrected chi connectivity index (χ4v) is 5.05. The van der Waals surface area contributed by atoms with Gasteiger partial charge in [0.1, 0.15) is 0 Å². The summed E-state index contributed by atoms with van der Waals surface area (Å²) in [6, 6.07) is 10.8. The minimum Gasteiger partial charge on any atom is -0.481 e. The summed E-state index contributed by atoms with van der Waals surface area (Å²) in [6.07, 6.45) is -2.06. The van der Waals surface area contributed by atoms with E-state index in [1.165, 1.54) is 12.1 Å². The van der Waals surface area contributed by atoms with Gasteiger partial charge in [-0.2, -0.15) is 5.26 Å². The first-order valence-corrected chi connectivity index (χ1v) is 13.6. The Morgan fingerprint density at radius 1 is 1.05 bits per heavy atom. The zero-order chi connectivity index (χ0) is 31.1. The number of carbonyl (C=O) groups excluding carboxylic acids is 2. The second-order valence-corrected chi connectivity index (χ2v) is 11.4. The summed E-state index contributed by atoms with van der Waals surface area (Å²) in [4.78, 5) is 38.2. The molecule has 0 spiro atoms. The van der Waals surface area contributed by atoms with Crippen LogP contribution >= 0.6 is 0 Å². The number of urea groups is 1. The van der Waals surface area contributed by atoms with Gasteiger partial charge >= 0.3 is 18.4 Å². The Labute approximate surface area is 242 Å². The topological polar surface area (TPSA) is 132 Å². The van der Waals surface area contributed by atoms with Crippen LogP contribution in [0.5, 0.6) is 5.75 Å². The Bertz CT molecular complexity index is 1310. The molecule has 3 amide bonds. The van der Waals surface area contributed by atoms with Crippen LogP contribution in [0.4, 0.5) is 23.7 Å². The molecule has 12 heteroatoms. The Morgan fingerprint density at radius 3 is 2.24 bits per heavy atom. The highest BCUT2D eigenvalue weighted by Crippen LogP contribution is 2.40. The minimum absolute atomic E-state index is 0.0174. The van der Waals surface area contributed by atoms with Crippen LogP contribution in [0.25, 0.3) is 0 Å². The van der Waals surface area contributed by atoms with E-state index in [1.54, 1.807) is 35.2 Å². The lowest BCUT2D eigenvalue weighted by molar-refractivity contribution is -0.274. The minimum atomic E-state index is -5.03. The number of hydrogen-bond acceptors (Lipinski definition) is 5. The van der Waals surface area contributed by atoms with Gasteiger partial charge in [0.15, 0.2) is 5.75 Å². The molecule has 0 aliphatic heterocycles. The molecule has 3 N–H and O–H groups in total. The molecular formula is C30H35F3N4O5. The molecular weight excluding hydrogens is 553 g/mol. The molecule has 0 radical (unpaired) electrons. The third-order valence-electron chi connectivity index (χ3n) is 7.39. The standard InChI is InChI=1S/C30H35F3N4O5/c1-29(2,3)22-9-11-23(12-10-22)37(18-19-4-7-21(8-5-19)27(40)35-15-14-26(38)39)28(41)36-24-13-6-20(17-34)16-25(24)42-30(31,32)33/h4-8,13,16,22-23H,9-12,14-15,18H2,1-3H3,(H,35,40)(H,36,41)(H,38,39). The van der Waals surface area contributed by atoms with E-state index in [0.29, 0.717) is 29.9 Å². The van der Waals surface area contributed by atoms with Gasteiger partial charge in [0.2, 0.25) is 0 Å². The number of anilines is 1. The van der Waals surface area contributed by atoms with Crippen LogP contribution in [-0.2, 0) is 11.3 Å². The van der Waals surface area contributed by atoms with Crippen LogP contribution in [0.3, 0.4) is 0 Å². The Balaban J connectivity index is 1.82. The van der Waals surface area contributed by atoms with Gasteiger partial charge in [-0.3, -0.25) is 9.59 Å². The number of amides is 3. The van der Waals surface area contributed by atoms with Crippen LogP contribution in [0, 0.1) is 22.7 Å². The Kier molecular flexibility index (Phi) is 10.4. The second-order valence-electron chi connectivity index (χ2n) is 11.4. The molecule has 0 aromatic heterocycles. The first-order valence-electron chi connectivity index (χ1n) is 13.6. The van der Waals surface area contributed by atoms with Crippen LogP contribution in [0.2, 0.25) is 0 Å². The van der Waals surface area contributed by atoms with Gasteiger partial charge in [0.25, 0.3) is 5.91 Å². The van der Waals surface area contributed by atoms with E-state index in [2.05, 4.69) is 36.1 Å². The van der Waals surface area contributed by atoms with E-state index in [4.69, 9.17) is 10.4 Å². The molecule has 0 saturated heterocycles. The number of nitrogens with zero attached hydrogens (tertiary/aromatic N) is 2. The van der Waals surface area contributed by atoms with Gasteiger partial charge in [-0.25, -0.2) is 4.79 Å². The third-order valence-corrected chi connectivity index (χ3v) is 7.39. The maximum absolute atomic E-state index is 13.6. The molecule has 42 heavy (non-hydrogen) atoms. The first-order chi connectivity index (χ1) is 19.7. The molecule has 2 aromatic carbocycles. The lowest BCUT2D eigenvalue weighted by Gasteiger charge is -2.41. The maximum Gasteiger partial charge on any atom is 0.573 e. The first kappa shape index (κ1) is 32.2. The molecule has 0 atom stereocenters. The number of nitriles is 1. The van der Waals surface area contributed by atoms with Crippen molar-refractivity contribution in [1.82, 2.24) is 10.2 Å². The summed E-state index contributed by atoms with van der Waals surface area (Å²) >= 11 is 0. The lowest BCUT2D eigenvalue weighted by Crippen LogP contribution is -2.45. The average Bonchev–Trinajstić information content (AvgIpc) is 2.91. The molecule has 9 nitrogen and oxygen atoms in total. The number of aliphatic carboxylic acids is 1. The predicted molar refractivity (Wildman–Crippen MR) is 149 cm³/mol. The van der Waals surface area contributed by atoms with Crippen LogP contribution in [0.1, 0.15) is 74.4 Å². The van der Waals surface area contributed by atoms with E-state index in [-0.39, 0.29) is 42.2 Å². The van der Waals surface area contributed by atoms with E-state index >= 15 is 0 Å². The Morgan fingerprint density at radius 2 is 1.69 bits per heavy atom. The fraction of sp³-hybridized carbons (Fsp3) is 0.467. The Hall–Kier alpha value is -4.27. The largest absolute Gasteiger partial charge is 0.573 e. The number of hydrogen-bond donors (Lipinski definition) is 3. The van der Waals surface area contributed by atoms with Crippen molar-refractivity contribution in [2.24, 2.45) is 11.3 Å². The van der Waals surface area contributed by atoms with Gasteiger partial charge in [-0.15, -0.1) is 13.2 Å². The SMILES string of the molecule is CC(C)(C)C1CCC(N(Cc2ccc(C(=O)NCCC(=O)O)cc2)C(=O)Nc2ccc(C#N)cc2OC(F)(F)F)CC1. The molecule has 1 aliphatic rings. The lowest BCUT2D eigenvalue weighted by atomic mass is 9.71. The summed E-state index contributed by atoms with van der Waals surface area (Å²) in [6.45, 7) is 6.64. The summed E-state index contributed by atoms with van der Waals surface area (Å²) in [7, 11) is 0. The number of alkyl halides is 3. The molecule has 1 fully saturated rings. The molecule has 3 rings (SSSR count). The van der Waals surface area contributed by atoms with Crippen LogP contribution in [-0.4, -0.2) is 46.9 Å². The quantitative estimate of drug-likeness (QED) is 0.315. The number of benzene rings is 2. The van der Waals surface area contributed by atoms with E-state index in [9.17, 15) is 27.6 Å². The van der Waals surface area contributed by atoms with Crippen molar-refractivity contribution in [3.63, 3.8) is 0 Å². The number of carboxylic acid groups (broad SMARTS) is 1. The van der Waals surface area contributed by atoms with Crippen molar-refractivity contribution in [3.8, 4) is 11.8 Å². The summed E-state index contributed by atoms with van der Waals surface area (Å²) in [5, 5.41) is 22.9. The zero-order valence-electron chi connectivity index (χ0n) is 23.8. The monoisotopic (exact) mass is 588 g/mol. The second kappa shape index (κ2) is 13.6. The van der Waals surface area contributed by atoms with Crippen LogP contribution < -0.4 is 15.4 Å². The van der Waals surface area contributed by atoms with Crippen molar-refractivity contribution in [1.29, 1.82) is 5.26 Å². The highest BCUT2D eigenvalue weighted by atomic mass is 19.4. The van der Waals surface area contributed by atoms with E-state index in [1.807, 2.05) is 0 Å². The van der Waals surface area contributed by atoms with Gasteiger partial charge < -0.3 is 25.4 Å². The normalized spacial score (nSPS) is 17.1. The molecule has 226 valence electrons. The highest BCUT2D eigenvalue weighted by Gasteiger charge is 2.35. The number of carboxylic acids is 1. The van der Waals surface area contributed by atoms with Crippen molar-refractivity contribution < 1.29 is 37.4 Å². The van der Waals surface area contributed by atoms with Crippen LogP contribution in [0.15, 0.2) is 42.5 Å². The third kappa shape index (κ3) is 9.39. The molecule has 0 unspecified atom stereocenters. The van der Waals surface area contributed by atoms with Crippen molar-refractivity contribution in [2.45, 2.75) is 71.8 Å². The fourth-order valence-electron chi connectivity index (χ4n) is 5.05. The van der Waals surface area contributed by atoms with Crippen molar-refractivity contribution in [2.75, 3.05) is 11.9 Å². The van der Waals surface area contributed by atoms with Gasteiger partial charge in [0.05, 0.1) is 23.7 Å². The van der Waals surface area contributed by atoms with Crippen molar-refractivity contribution in [3.05, 3.63) is 59.2 Å². The van der Waals surface area contributed by atoms with Gasteiger partial charge in [-0.1, -0.05) is 32.9 Å². The highest BCUT2D eigenvalue weighted by molar-refractivity contribution is 5.94. The van der Waals surface area contributed by atoms with Gasteiger partial charge in [-0.05, 0) is 66.8 Å². The molecule has 1 aliphatic carbocycles. The van der Waals surface area contributed by atoms with Crippen molar-refractivity contribution >= 4 is 23.6 Å². The van der Waals surface area contributed by atoms with Gasteiger partial charge in [0, 0.05) is 30.8 Å². The summed E-state index contributed by atoms with van der Waals surface area (Å²) < 4.78 is 43.3. The number of carbonyl (C=O) groups is 3. The predicted octanol–water partition coefficient (Wildman–Crippen LogP) is 6.30. The number of rotatable bonds is 9. The molecule has 2 aromatic rings. The molecule has 1 saturated carbocycles. The zero-order valence-corrected chi connectivity index (χ0v) is 23.8. The van der Waals surface area contributed by atoms with E-state index < -0.39 is 30.0 Å². The number of ether oxygens (including phenoxy) is 1. The number of halogens is 3. The molecule has 0 heterocycles. The smallest absolute Gasteiger partial charge is 0.481 e.